The van der Waals surface area contributed by atoms with Crippen LogP contribution in [0.1, 0.15) is 27.6 Å². The zero-order valence-electron chi connectivity index (χ0n) is 13.9. The summed E-state index contributed by atoms with van der Waals surface area (Å²) in [6, 6.07) is 12.8. The number of nitrogens with zero attached hydrogens (tertiary/aromatic N) is 2. The average Bonchev–Trinajstić information content (AvgIpc) is 2.64. The van der Waals surface area contributed by atoms with Gasteiger partial charge in [0, 0.05) is 23.6 Å². The normalized spacial score (nSPS) is 10.2. The first-order chi connectivity index (χ1) is 12.5. The lowest BCUT2D eigenvalue weighted by molar-refractivity contribution is 0.101. The van der Waals surface area contributed by atoms with Crippen LogP contribution in [0.25, 0.3) is 0 Å². The zero-order chi connectivity index (χ0) is 18.5. The van der Waals surface area contributed by atoms with Gasteiger partial charge in [0.1, 0.15) is 5.82 Å². The summed E-state index contributed by atoms with van der Waals surface area (Å²) in [7, 11) is 0. The van der Waals surface area contributed by atoms with Gasteiger partial charge in [-0.3, -0.25) is 9.59 Å². The summed E-state index contributed by atoms with van der Waals surface area (Å²) < 4.78 is 13.6. The number of aromatic nitrogens is 2. The Balaban J connectivity index is 1.70. The summed E-state index contributed by atoms with van der Waals surface area (Å²) in [6.45, 7) is 1.48. The highest BCUT2D eigenvalue weighted by Gasteiger charge is 2.10. The lowest BCUT2D eigenvalue weighted by atomic mass is 10.1. The number of carbonyl (C=O) groups is 2. The Morgan fingerprint density at radius 1 is 0.962 bits per heavy atom. The Morgan fingerprint density at radius 2 is 1.69 bits per heavy atom. The monoisotopic (exact) mass is 350 g/mol. The summed E-state index contributed by atoms with van der Waals surface area (Å²) in [4.78, 5) is 31.7. The molecule has 0 unspecified atom stereocenters. The van der Waals surface area contributed by atoms with Gasteiger partial charge in [0.05, 0.1) is 11.3 Å². The fourth-order valence-corrected chi connectivity index (χ4v) is 2.21. The maximum Gasteiger partial charge on any atom is 0.258 e. The molecule has 2 aromatic carbocycles. The van der Waals surface area contributed by atoms with Gasteiger partial charge in [-0.05, 0) is 31.2 Å². The molecule has 0 fully saturated rings. The predicted octanol–water partition coefficient (Wildman–Crippen LogP) is 3.81. The quantitative estimate of drug-likeness (QED) is 0.684. The third kappa shape index (κ3) is 4.07. The second kappa shape index (κ2) is 7.52. The van der Waals surface area contributed by atoms with Crippen LogP contribution >= 0.6 is 0 Å². The third-order valence-corrected chi connectivity index (χ3v) is 3.56. The van der Waals surface area contributed by atoms with Crippen molar-refractivity contribution < 1.29 is 14.0 Å². The summed E-state index contributed by atoms with van der Waals surface area (Å²) in [5, 5.41) is 5.42. The van der Waals surface area contributed by atoms with Crippen molar-refractivity contribution in [2.45, 2.75) is 6.92 Å². The van der Waals surface area contributed by atoms with E-state index in [1.165, 1.54) is 37.5 Å². The van der Waals surface area contributed by atoms with E-state index in [9.17, 15) is 14.0 Å². The Bertz CT molecular complexity index is 958. The number of hydrogen-bond acceptors (Lipinski definition) is 5. The largest absolute Gasteiger partial charge is 0.324 e. The summed E-state index contributed by atoms with van der Waals surface area (Å²) >= 11 is 0. The molecule has 1 aromatic heterocycles. The van der Waals surface area contributed by atoms with Crippen LogP contribution in [-0.4, -0.2) is 21.7 Å². The molecular weight excluding hydrogens is 335 g/mol. The van der Waals surface area contributed by atoms with Crippen molar-refractivity contribution in [3.05, 3.63) is 77.9 Å². The molecule has 0 aliphatic rings. The lowest BCUT2D eigenvalue weighted by Gasteiger charge is -2.08. The SMILES string of the molecule is CC(=O)c1cccc(Nc2ncc(C(=O)Nc3ccccc3F)cn2)c1. The molecule has 7 heteroatoms. The maximum absolute atomic E-state index is 13.6. The van der Waals surface area contributed by atoms with Crippen LogP contribution in [0.3, 0.4) is 0 Å². The molecule has 0 bridgehead atoms. The number of halogens is 1. The highest BCUT2D eigenvalue weighted by atomic mass is 19.1. The van der Waals surface area contributed by atoms with E-state index in [1.54, 1.807) is 30.3 Å². The van der Waals surface area contributed by atoms with Gasteiger partial charge in [0.25, 0.3) is 5.91 Å². The van der Waals surface area contributed by atoms with Gasteiger partial charge in [-0.25, -0.2) is 14.4 Å². The Hall–Kier alpha value is -3.61. The number of ketones is 1. The van der Waals surface area contributed by atoms with Crippen LogP contribution in [-0.2, 0) is 0 Å². The molecule has 3 rings (SSSR count). The molecule has 1 amide bonds. The number of para-hydroxylation sites is 1. The molecule has 0 saturated carbocycles. The molecule has 0 radical (unpaired) electrons. The molecule has 6 nitrogen and oxygen atoms in total. The minimum Gasteiger partial charge on any atom is -0.324 e. The van der Waals surface area contributed by atoms with Crippen molar-refractivity contribution in [3.8, 4) is 0 Å². The number of rotatable bonds is 5. The second-order valence-corrected chi connectivity index (χ2v) is 5.49. The van der Waals surface area contributed by atoms with Gasteiger partial charge >= 0.3 is 0 Å². The lowest BCUT2D eigenvalue weighted by Crippen LogP contribution is -2.14. The molecule has 0 aliphatic carbocycles. The fourth-order valence-electron chi connectivity index (χ4n) is 2.21. The van der Waals surface area contributed by atoms with Gasteiger partial charge in [0.15, 0.2) is 5.78 Å². The van der Waals surface area contributed by atoms with E-state index in [4.69, 9.17) is 0 Å². The first-order valence-electron chi connectivity index (χ1n) is 7.79. The fraction of sp³-hybridized carbons (Fsp3) is 0.0526. The standard InChI is InChI=1S/C19H15FN4O2/c1-12(25)13-5-4-6-15(9-13)23-19-21-10-14(11-22-19)18(26)24-17-8-3-2-7-16(17)20/h2-11H,1H3,(H,24,26)(H,21,22,23). The Labute approximate surface area is 149 Å². The second-order valence-electron chi connectivity index (χ2n) is 5.49. The summed E-state index contributed by atoms with van der Waals surface area (Å²) in [6.07, 6.45) is 2.67. The van der Waals surface area contributed by atoms with Crippen molar-refractivity contribution >= 4 is 29.0 Å². The van der Waals surface area contributed by atoms with Gasteiger partial charge in [-0.15, -0.1) is 0 Å². The smallest absolute Gasteiger partial charge is 0.258 e. The van der Waals surface area contributed by atoms with E-state index in [-0.39, 0.29) is 23.0 Å². The van der Waals surface area contributed by atoms with Crippen molar-refractivity contribution in [1.82, 2.24) is 9.97 Å². The van der Waals surface area contributed by atoms with E-state index in [2.05, 4.69) is 20.6 Å². The zero-order valence-corrected chi connectivity index (χ0v) is 13.9. The number of anilines is 3. The highest BCUT2D eigenvalue weighted by Crippen LogP contribution is 2.16. The molecule has 0 spiro atoms. The topological polar surface area (TPSA) is 84.0 Å². The van der Waals surface area contributed by atoms with Crippen LogP contribution in [0.15, 0.2) is 60.9 Å². The number of amides is 1. The van der Waals surface area contributed by atoms with E-state index in [0.717, 1.165) is 0 Å². The summed E-state index contributed by atoms with van der Waals surface area (Å²) in [5.41, 5.74) is 1.49. The van der Waals surface area contributed by atoms with Crippen molar-refractivity contribution in [1.29, 1.82) is 0 Å². The number of carbonyl (C=O) groups excluding carboxylic acids is 2. The molecule has 0 saturated heterocycles. The van der Waals surface area contributed by atoms with Crippen molar-refractivity contribution in [2.24, 2.45) is 0 Å². The highest BCUT2D eigenvalue weighted by molar-refractivity contribution is 6.04. The number of benzene rings is 2. The van der Waals surface area contributed by atoms with Crippen LogP contribution in [0.5, 0.6) is 0 Å². The van der Waals surface area contributed by atoms with E-state index >= 15 is 0 Å². The minimum atomic E-state index is -0.523. The van der Waals surface area contributed by atoms with Crippen LogP contribution in [0.4, 0.5) is 21.7 Å². The van der Waals surface area contributed by atoms with Crippen LogP contribution in [0, 0.1) is 5.82 Å². The predicted molar refractivity (Wildman–Crippen MR) is 96.1 cm³/mol. The Kier molecular flexibility index (Phi) is 4.98. The number of nitrogens with one attached hydrogen (secondary N) is 2. The van der Waals surface area contributed by atoms with Crippen LogP contribution < -0.4 is 10.6 Å². The molecular formula is C19H15FN4O2. The molecule has 0 atom stereocenters. The number of Topliss-reactive ketones (excluding diaryl/α,β-unsaturated/α-hetero) is 1. The molecule has 26 heavy (non-hydrogen) atoms. The molecule has 3 aromatic rings. The molecule has 130 valence electrons. The van der Waals surface area contributed by atoms with Gasteiger partial charge in [-0.1, -0.05) is 24.3 Å². The van der Waals surface area contributed by atoms with Gasteiger partial charge in [-0.2, -0.15) is 0 Å². The van der Waals surface area contributed by atoms with Crippen molar-refractivity contribution in [2.75, 3.05) is 10.6 Å². The van der Waals surface area contributed by atoms with Gasteiger partial charge in [0.2, 0.25) is 5.95 Å². The van der Waals surface area contributed by atoms with E-state index < -0.39 is 11.7 Å². The maximum atomic E-state index is 13.6. The molecule has 1 heterocycles. The average molecular weight is 350 g/mol. The first-order valence-corrected chi connectivity index (χ1v) is 7.79. The summed E-state index contributed by atoms with van der Waals surface area (Å²) in [5.74, 6) is -0.812. The Morgan fingerprint density at radius 3 is 2.38 bits per heavy atom. The minimum absolute atomic E-state index is 0.0465. The van der Waals surface area contributed by atoms with Gasteiger partial charge < -0.3 is 10.6 Å². The molecule has 0 aliphatic heterocycles. The van der Waals surface area contributed by atoms with E-state index in [1.807, 2.05) is 0 Å². The third-order valence-electron chi connectivity index (χ3n) is 3.56. The van der Waals surface area contributed by atoms with Crippen LogP contribution in [0.2, 0.25) is 0 Å². The van der Waals surface area contributed by atoms with E-state index in [0.29, 0.717) is 11.3 Å². The number of hydrogen-bond donors (Lipinski definition) is 2. The first kappa shape index (κ1) is 17.2. The molecule has 2 N–H and O–H groups in total. The van der Waals surface area contributed by atoms with Crippen molar-refractivity contribution in [3.63, 3.8) is 0 Å².